The number of hydrogen-bond donors (Lipinski definition) is 2. The molecule has 3 rings (SSSR count). The summed E-state index contributed by atoms with van der Waals surface area (Å²) in [7, 11) is 2.02. The van der Waals surface area contributed by atoms with Crippen LogP contribution in [0.25, 0.3) is 0 Å². The van der Waals surface area contributed by atoms with E-state index in [0.717, 1.165) is 49.2 Å². The lowest BCUT2D eigenvalue weighted by atomic mass is 9.82. The minimum Gasteiger partial charge on any atom is -0.481 e. The molecule has 0 spiro atoms. The number of Topliss-reactive ketones (excluding diaryl/α,β-unsaturated/α-hetero) is 1. The van der Waals surface area contributed by atoms with Crippen molar-refractivity contribution in [1.82, 2.24) is 20.1 Å². The van der Waals surface area contributed by atoms with Crippen LogP contribution in [0.1, 0.15) is 113 Å². The number of carboxylic acids is 1. The van der Waals surface area contributed by atoms with Gasteiger partial charge in [-0.15, -0.1) is 11.3 Å². The minimum absolute atomic E-state index is 0.0242. The molecule has 266 valence electrons. The van der Waals surface area contributed by atoms with Gasteiger partial charge < -0.3 is 15.3 Å². The monoisotopic (exact) mass is 682 g/mol. The van der Waals surface area contributed by atoms with Crippen LogP contribution in [0.4, 0.5) is 0 Å². The summed E-state index contributed by atoms with van der Waals surface area (Å²) in [5, 5.41) is 14.8. The molecular weight excluding hydrogens is 625 g/mol. The molecule has 2 heterocycles. The summed E-state index contributed by atoms with van der Waals surface area (Å²) < 4.78 is 0. The molecule has 2 amide bonds. The zero-order valence-electron chi connectivity index (χ0n) is 30.0. The third-order valence-electron chi connectivity index (χ3n) is 9.93. The number of carbonyl (C=O) groups excluding carboxylic acids is 3. The largest absolute Gasteiger partial charge is 0.481 e. The topological polar surface area (TPSA) is 120 Å². The SMILES string of the molecule is CCCN(C(=O)C(CC(=O)C1CCCCN1C)[C@@H](C)CC)[C@H](CCc1nc(C(=O)N[C@H](CCC(=O)O)Cc2ccccc2)cs1)C(C)C. The Bertz CT molecular complexity index is 1320. The third kappa shape index (κ3) is 11.8. The molecule has 5 atom stereocenters. The number of aromatic nitrogens is 1. The Morgan fingerprint density at radius 2 is 1.81 bits per heavy atom. The normalized spacial score (nSPS) is 17.8. The van der Waals surface area contributed by atoms with Gasteiger partial charge in [0, 0.05) is 49.2 Å². The molecule has 1 aromatic carbocycles. The van der Waals surface area contributed by atoms with Crippen LogP contribution in [0.3, 0.4) is 0 Å². The smallest absolute Gasteiger partial charge is 0.303 e. The average molecular weight is 683 g/mol. The highest BCUT2D eigenvalue weighted by molar-refractivity contribution is 7.09. The number of carboxylic acid groups (broad SMARTS) is 1. The van der Waals surface area contributed by atoms with Crippen molar-refractivity contribution in [2.45, 2.75) is 123 Å². The first-order valence-corrected chi connectivity index (χ1v) is 18.9. The molecule has 2 aromatic rings. The maximum atomic E-state index is 14.4. The number of aryl methyl sites for hydroxylation is 1. The van der Waals surface area contributed by atoms with E-state index in [1.54, 1.807) is 5.38 Å². The van der Waals surface area contributed by atoms with Crippen molar-refractivity contribution < 1.29 is 24.3 Å². The Morgan fingerprint density at radius 3 is 2.44 bits per heavy atom. The summed E-state index contributed by atoms with van der Waals surface area (Å²) in [5.74, 6) is -0.967. The van der Waals surface area contributed by atoms with Gasteiger partial charge in [0.05, 0.1) is 11.0 Å². The molecule has 0 saturated carbocycles. The summed E-state index contributed by atoms with van der Waals surface area (Å²) in [6.07, 6.45) is 7.15. The fourth-order valence-corrected chi connectivity index (χ4v) is 7.67. The molecular formula is C38H58N4O5S. The summed E-state index contributed by atoms with van der Waals surface area (Å²) in [6.45, 7) is 12.1. The number of nitrogens with zero attached hydrogens (tertiary/aromatic N) is 3. The Balaban J connectivity index is 1.70. The number of nitrogens with one attached hydrogen (secondary N) is 1. The average Bonchev–Trinajstić information content (AvgIpc) is 3.54. The van der Waals surface area contributed by atoms with Crippen molar-refractivity contribution in [3.05, 3.63) is 52.0 Å². The van der Waals surface area contributed by atoms with Crippen LogP contribution in [0.5, 0.6) is 0 Å². The van der Waals surface area contributed by atoms with E-state index in [1.807, 2.05) is 42.3 Å². The lowest BCUT2D eigenvalue weighted by molar-refractivity contribution is -0.144. The Kier molecular flexibility index (Phi) is 16.2. The first-order valence-electron chi connectivity index (χ1n) is 18.0. The Hall–Kier alpha value is -3.11. The lowest BCUT2D eigenvalue weighted by Crippen LogP contribution is -2.49. The molecule has 0 aliphatic carbocycles. The Morgan fingerprint density at radius 1 is 1.08 bits per heavy atom. The van der Waals surface area contributed by atoms with E-state index in [9.17, 15) is 24.3 Å². The number of amides is 2. The van der Waals surface area contributed by atoms with Crippen LogP contribution < -0.4 is 5.32 Å². The van der Waals surface area contributed by atoms with Crippen molar-refractivity contribution in [2.75, 3.05) is 20.1 Å². The molecule has 9 nitrogen and oxygen atoms in total. The summed E-state index contributed by atoms with van der Waals surface area (Å²) >= 11 is 1.43. The van der Waals surface area contributed by atoms with Crippen LogP contribution in [-0.4, -0.2) is 81.7 Å². The number of hydrogen-bond acceptors (Lipinski definition) is 7. The summed E-state index contributed by atoms with van der Waals surface area (Å²) in [6, 6.07) is 9.27. The van der Waals surface area contributed by atoms with Crippen molar-refractivity contribution in [1.29, 1.82) is 0 Å². The van der Waals surface area contributed by atoms with Gasteiger partial charge in [0.1, 0.15) is 5.69 Å². The van der Waals surface area contributed by atoms with E-state index in [0.29, 0.717) is 37.9 Å². The van der Waals surface area contributed by atoms with Crippen LogP contribution >= 0.6 is 11.3 Å². The molecule has 2 N–H and O–H groups in total. The van der Waals surface area contributed by atoms with Gasteiger partial charge in [-0.3, -0.25) is 24.1 Å². The lowest BCUT2D eigenvalue weighted by Gasteiger charge is -2.39. The number of carbonyl (C=O) groups is 4. The van der Waals surface area contributed by atoms with E-state index in [1.165, 1.54) is 11.3 Å². The van der Waals surface area contributed by atoms with E-state index in [4.69, 9.17) is 0 Å². The second-order valence-electron chi connectivity index (χ2n) is 14.0. The highest BCUT2D eigenvalue weighted by Crippen LogP contribution is 2.29. The molecule has 0 bridgehead atoms. The van der Waals surface area contributed by atoms with Crippen LogP contribution in [-0.2, 0) is 27.2 Å². The zero-order valence-corrected chi connectivity index (χ0v) is 30.8. The van der Waals surface area contributed by atoms with Crippen molar-refractivity contribution in [3.63, 3.8) is 0 Å². The molecule has 1 aromatic heterocycles. The number of piperidine rings is 1. The second-order valence-corrected chi connectivity index (χ2v) is 14.9. The van der Waals surface area contributed by atoms with Crippen molar-refractivity contribution in [2.24, 2.45) is 17.8 Å². The van der Waals surface area contributed by atoms with Crippen molar-refractivity contribution >= 4 is 34.9 Å². The first-order chi connectivity index (χ1) is 22.9. The summed E-state index contributed by atoms with van der Waals surface area (Å²) in [4.78, 5) is 61.3. The van der Waals surface area contributed by atoms with Crippen LogP contribution in [0, 0.1) is 17.8 Å². The van der Waals surface area contributed by atoms with Crippen LogP contribution in [0.2, 0.25) is 0 Å². The molecule has 2 unspecified atom stereocenters. The maximum Gasteiger partial charge on any atom is 0.303 e. The van der Waals surface area contributed by atoms with Gasteiger partial charge in [-0.05, 0) is 69.5 Å². The van der Waals surface area contributed by atoms with E-state index < -0.39 is 5.97 Å². The minimum atomic E-state index is -0.896. The highest BCUT2D eigenvalue weighted by Gasteiger charge is 2.37. The summed E-state index contributed by atoms with van der Waals surface area (Å²) in [5.41, 5.74) is 1.35. The fourth-order valence-electron chi connectivity index (χ4n) is 6.88. The number of likely N-dealkylation sites (N-methyl/N-ethyl adjacent to an activating group) is 1. The second kappa shape index (κ2) is 19.8. The number of aliphatic carboxylic acids is 1. The van der Waals surface area contributed by atoms with Gasteiger partial charge >= 0.3 is 5.97 Å². The van der Waals surface area contributed by atoms with Gasteiger partial charge in [0.15, 0.2) is 5.78 Å². The van der Waals surface area contributed by atoms with E-state index >= 15 is 0 Å². The van der Waals surface area contributed by atoms with Gasteiger partial charge in [-0.1, -0.05) is 77.8 Å². The highest BCUT2D eigenvalue weighted by atomic mass is 32.1. The molecule has 1 aliphatic heterocycles. The van der Waals surface area contributed by atoms with Gasteiger partial charge in [0.25, 0.3) is 5.91 Å². The van der Waals surface area contributed by atoms with Gasteiger partial charge in [0.2, 0.25) is 5.91 Å². The first kappa shape index (κ1) is 39.3. The number of thiazole rings is 1. The van der Waals surface area contributed by atoms with Gasteiger partial charge in [-0.25, -0.2) is 4.98 Å². The number of likely N-dealkylation sites (tertiary alicyclic amines) is 1. The number of rotatable bonds is 20. The maximum absolute atomic E-state index is 14.4. The third-order valence-corrected chi connectivity index (χ3v) is 10.8. The molecule has 10 heteroatoms. The molecule has 1 fully saturated rings. The predicted molar refractivity (Wildman–Crippen MR) is 192 cm³/mol. The number of ketones is 1. The zero-order chi connectivity index (χ0) is 35.2. The number of benzene rings is 1. The van der Waals surface area contributed by atoms with Gasteiger partial charge in [-0.2, -0.15) is 0 Å². The van der Waals surface area contributed by atoms with E-state index in [-0.39, 0.29) is 66.3 Å². The standard InChI is InChI=1S/C38H58N4O5S/c1-7-21-42(38(47)30(27(5)8-2)24-34(43)33-16-12-13-22-41(33)6)32(26(3)4)18-19-35-40-31(25-48-35)37(46)39-29(17-20-36(44)45)23-28-14-10-9-11-15-28/h9-11,14-15,25-27,29-30,32-33H,7-8,12-13,16-24H2,1-6H3,(H,39,46)(H,44,45)/t27-,29+,30?,32+,33?/m0/s1. The van der Waals surface area contributed by atoms with Crippen LogP contribution in [0.15, 0.2) is 35.7 Å². The fraction of sp³-hybridized carbons (Fsp3) is 0.658. The van der Waals surface area contributed by atoms with E-state index in [2.05, 4.69) is 49.8 Å². The molecule has 48 heavy (non-hydrogen) atoms. The predicted octanol–water partition coefficient (Wildman–Crippen LogP) is 6.65. The Labute approximate surface area is 291 Å². The van der Waals surface area contributed by atoms with Crippen molar-refractivity contribution in [3.8, 4) is 0 Å². The quantitative estimate of drug-likeness (QED) is 0.161. The molecule has 0 radical (unpaired) electrons. The molecule has 1 aliphatic rings. The molecule has 1 saturated heterocycles.